The monoisotopic (exact) mass is 607 g/mol. The summed E-state index contributed by atoms with van der Waals surface area (Å²) in [6.45, 7) is 5.28. The highest BCUT2D eigenvalue weighted by Crippen LogP contribution is 2.15. The molecule has 0 heterocycles. The van der Waals surface area contributed by atoms with Gasteiger partial charge in [0.25, 0.3) is 0 Å². The number of carbonyl (C=O) groups is 1. The molecule has 0 fully saturated rings. The van der Waals surface area contributed by atoms with Crippen molar-refractivity contribution >= 4 is 5.97 Å². The van der Waals surface area contributed by atoms with E-state index in [1.807, 2.05) is 0 Å². The smallest absolute Gasteiger partial charge is 0.306 e. The van der Waals surface area contributed by atoms with E-state index in [4.69, 9.17) is 9.47 Å². The minimum atomic E-state index is -0.534. The van der Waals surface area contributed by atoms with Crippen molar-refractivity contribution in [2.75, 3.05) is 19.8 Å². The molecule has 0 saturated heterocycles. The minimum absolute atomic E-state index is 0.172. The Balaban J connectivity index is 3.42. The van der Waals surface area contributed by atoms with Crippen molar-refractivity contribution in [1.82, 2.24) is 0 Å². The second-order valence-electron chi connectivity index (χ2n) is 12.7. The number of unbranched alkanes of at least 4 members (excludes halogenated alkanes) is 23. The van der Waals surface area contributed by atoms with E-state index >= 15 is 0 Å². The van der Waals surface area contributed by atoms with Crippen LogP contribution >= 0.6 is 0 Å². The molecule has 1 atom stereocenters. The molecule has 254 valence electrons. The van der Waals surface area contributed by atoms with Gasteiger partial charge in [0.2, 0.25) is 0 Å². The van der Waals surface area contributed by atoms with Crippen molar-refractivity contribution in [2.24, 2.45) is 0 Å². The highest BCUT2D eigenvalue weighted by molar-refractivity contribution is 5.69. The van der Waals surface area contributed by atoms with Gasteiger partial charge in [0, 0.05) is 13.0 Å². The van der Waals surface area contributed by atoms with Gasteiger partial charge in [0.1, 0.15) is 6.10 Å². The van der Waals surface area contributed by atoms with Gasteiger partial charge in [-0.25, -0.2) is 0 Å². The molecule has 0 bridgehead atoms. The fourth-order valence-electron chi connectivity index (χ4n) is 5.42. The van der Waals surface area contributed by atoms with Crippen LogP contribution in [0.2, 0.25) is 0 Å². The molecule has 1 unspecified atom stereocenters. The molecule has 0 aliphatic carbocycles. The maximum absolute atomic E-state index is 12.1. The normalized spacial score (nSPS) is 12.5. The highest BCUT2D eigenvalue weighted by atomic mass is 16.6. The van der Waals surface area contributed by atoms with Crippen molar-refractivity contribution < 1.29 is 19.4 Å². The van der Waals surface area contributed by atoms with E-state index in [1.165, 1.54) is 148 Å². The molecule has 0 aromatic carbocycles. The predicted octanol–water partition coefficient (Wildman–Crippen LogP) is 12.0. The second kappa shape index (κ2) is 37.1. The lowest BCUT2D eigenvalue weighted by Gasteiger charge is -2.15. The third-order valence-corrected chi connectivity index (χ3v) is 8.26. The van der Waals surface area contributed by atoms with Crippen LogP contribution in [-0.2, 0) is 14.3 Å². The van der Waals surface area contributed by atoms with Gasteiger partial charge in [0.15, 0.2) is 0 Å². The molecule has 4 heteroatoms. The summed E-state index contributed by atoms with van der Waals surface area (Å²) in [6.07, 6.45) is 43.6. The number of hydrogen-bond donors (Lipinski definition) is 1. The Bertz CT molecular complexity index is 600. The summed E-state index contributed by atoms with van der Waals surface area (Å²) in [6, 6.07) is 0. The molecular formula is C39H74O4. The van der Waals surface area contributed by atoms with Gasteiger partial charge in [0.05, 0.1) is 13.2 Å². The van der Waals surface area contributed by atoms with Crippen LogP contribution in [0.4, 0.5) is 0 Å². The summed E-state index contributed by atoms with van der Waals surface area (Å²) in [4.78, 5) is 12.1. The molecule has 0 aromatic rings. The van der Waals surface area contributed by atoms with Crippen LogP contribution in [0.15, 0.2) is 24.3 Å². The first kappa shape index (κ1) is 41.9. The Morgan fingerprint density at radius 2 is 1.02 bits per heavy atom. The summed E-state index contributed by atoms with van der Waals surface area (Å²) in [7, 11) is 0. The average molecular weight is 607 g/mol. The van der Waals surface area contributed by atoms with Gasteiger partial charge in [-0.15, -0.1) is 0 Å². The van der Waals surface area contributed by atoms with Gasteiger partial charge >= 0.3 is 5.97 Å². The van der Waals surface area contributed by atoms with Gasteiger partial charge in [-0.3, -0.25) is 4.79 Å². The van der Waals surface area contributed by atoms with E-state index in [-0.39, 0.29) is 12.6 Å². The molecule has 43 heavy (non-hydrogen) atoms. The molecule has 0 spiro atoms. The zero-order chi connectivity index (χ0) is 31.3. The van der Waals surface area contributed by atoms with Crippen LogP contribution < -0.4 is 0 Å². The first-order chi connectivity index (χ1) is 21.2. The number of esters is 1. The number of allylic oxidation sites excluding steroid dienone is 4. The number of ether oxygens (including phenoxy) is 2. The molecule has 0 amide bonds. The number of hydrogen-bond acceptors (Lipinski definition) is 4. The lowest BCUT2D eigenvalue weighted by Crippen LogP contribution is -2.27. The van der Waals surface area contributed by atoms with Crippen LogP contribution in [0.3, 0.4) is 0 Å². The molecular weight excluding hydrogens is 532 g/mol. The SMILES string of the molecule is CCC/C=C\C/C=C\CCCCCCCCOCC(CO)OC(=O)CCCCCCCCCCCCCCCCCCC. The van der Waals surface area contributed by atoms with Crippen LogP contribution in [0.1, 0.15) is 194 Å². The van der Waals surface area contributed by atoms with Crippen molar-refractivity contribution in [2.45, 2.75) is 200 Å². The van der Waals surface area contributed by atoms with E-state index in [1.54, 1.807) is 0 Å². The zero-order valence-electron chi connectivity index (χ0n) is 29.0. The van der Waals surface area contributed by atoms with E-state index in [0.717, 1.165) is 25.7 Å². The van der Waals surface area contributed by atoms with Gasteiger partial charge in [-0.1, -0.05) is 173 Å². The van der Waals surface area contributed by atoms with Gasteiger partial charge < -0.3 is 14.6 Å². The third kappa shape index (κ3) is 35.2. The molecule has 0 saturated carbocycles. The van der Waals surface area contributed by atoms with Crippen molar-refractivity contribution in [3.63, 3.8) is 0 Å². The summed E-state index contributed by atoms with van der Waals surface area (Å²) >= 11 is 0. The first-order valence-corrected chi connectivity index (χ1v) is 18.9. The molecule has 0 rings (SSSR count). The fraction of sp³-hybridized carbons (Fsp3) is 0.872. The van der Waals surface area contributed by atoms with Crippen LogP contribution in [0, 0.1) is 0 Å². The Hall–Kier alpha value is -1.13. The number of aliphatic hydroxyl groups is 1. The minimum Gasteiger partial charge on any atom is -0.457 e. The van der Waals surface area contributed by atoms with Crippen molar-refractivity contribution in [1.29, 1.82) is 0 Å². The van der Waals surface area contributed by atoms with E-state index in [9.17, 15) is 9.90 Å². The standard InChI is InChI=1S/C39H74O4/c1-3-5-7-9-11-13-15-17-19-20-21-22-24-26-28-30-32-34-39(41)43-38(36-40)37-42-35-33-31-29-27-25-23-18-16-14-12-10-8-6-4-2/h8,10,14,16,38,40H,3-7,9,11-13,15,17-37H2,1-2H3/b10-8-,16-14-. The third-order valence-electron chi connectivity index (χ3n) is 8.26. The van der Waals surface area contributed by atoms with Crippen molar-refractivity contribution in [3.8, 4) is 0 Å². The number of rotatable bonds is 35. The largest absolute Gasteiger partial charge is 0.457 e. The van der Waals surface area contributed by atoms with E-state index in [2.05, 4.69) is 38.2 Å². The second-order valence-corrected chi connectivity index (χ2v) is 12.7. The Labute approximate surface area is 268 Å². The molecule has 4 nitrogen and oxygen atoms in total. The van der Waals surface area contributed by atoms with Gasteiger partial charge in [-0.2, -0.15) is 0 Å². The summed E-state index contributed by atoms with van der Waals surface area (Å²) < 4.78 is 11.1. The van der Waals surface area contributed by atoms with Crippen molar-refractivity contribution in [3.05, 3.63) is 24.3 Å². The van der Waals surface area contributed by atoms with Gasteiger partial charge in [-0.05, 0) is 38.5 Å². The average Bonchev–Trinajstić information content (AvgIpc) is 3.01. The summed E-state index contributed by atoms with van der Waals surface area (Å²) in [5.41, 5.74) is 0. The number of aliphatic hydroxyl groups excluding tert-OH is 1. The first-order valence-electron chi connectivity index (χ1n) is 18.9. The Morgan fingerprint density at radius 3 is 1.53 bits per heavy atom. The molecule has 0 aromatic heterocycles. The topological polar surface area (TPSA) is 55.8 Å². The maximum atomic E-state index is 12.1. The number of carbonyl (C=O) groups excluding carboxylic acids is 1. The maximum Gasteiger partial charge on any atom is 0.306 e. The lowest BCUT2D eigenvalue weighted by molar-refractivity contribution is -0.154. The Morgan fingerprint density at radius 1 is 0.558 bits per heavy atom. The lowest BCUT2D eigenvalue weighted by atomic mass is 10.0. The fourth-order valence-corrected chi connectivity index (χ4v) is 5.42. The van der Waals surface area contributed by atoms with E-state index in [0.29, 0.717) is 19.6 Å². The molecule has 1 N–H and O–H groups in total. The van der Waals surface area contributed by atoms with E-state index < -0.39 is 6.10 Å². The quantitative estimate of drug-likeness (QED) is 0.0443. The highest BCUT2D eigenvalue weighted by Gasteiger charge is 2.13. The predicted molar refractivity (Wildman–Crippen MR) is 187 cm³/mol. The summed E-state index contributed by atoms with van der Waals surface area (Å²) in [5.74, 6) is -0.202. The zero-order valence-corrected chi connectivity index (χ0v) is 29.0. The molecule has 0 aliphatic heterocycles. The molecule has 0 radical (unpaired) electrons. The summed E-state index contributed by atoms with van der Waals surface area (Å²) in [5, 5.41) is 9.56. The van der Waals surface area contributed by atoms with Crippen LogP contribution in [0.5, 0.6) is 0 Å². The van der Waals surface area contributed by atoms with Crippen LogP contribution in [0.25, 0.3) is 0 Å². The Kier molecular flexibility index (Phi) is 36.1. The van der Waals surface area contributed by atoms with Crippen LogP contribution in [-0.4, -0.2) is 37.0 Å². The molecule has 0 aliphatic rings.